The lowest BCUT2D eigenvalue weighted by Gasteiger charge is -2.28. The summed E-state index contributed by atoms with van der Waals surface area (Å²) in [5, 5.41) is 7.54. The molecule has 3 N–H and O–H groups in total. The van der Waals surface area contributed by atoms with Crippen LogP contribution in [-0.2, 0) is 35.1 Å². The second-order valence-electron chi connectivity index (χ2n) is 10.4. The Morgan fingerprint density at radius 1 is 1.16 bits per heavy atom. The summed E-state index contributed by atoms with van der Waals surface area (Å²) >= 11 is 6.11. The molecule has 14 heteroatoms. The molecule has 0 spiro atoms. The summed E-state index contributed by atoms with van der Waals surface area (Å²) in [5.74, 6) is -6.87. The van der Waals surface area contributed by atoms with Crippen molar-refractivity contribution in [2.75, 3.05) is 18.5 Å². The van der Waals surface area contributed by atoms with Crippen molar-refractivity contribution in [3.8, 4) is 0 Å². The van der Waals surface area contributed by atoms with Gasteiger partial charge in [-0.05, 0) is 37.1 Å². The second kappa shape index (κ2) is 13.5. The number of benzene rings is 2. The summed E-state index contributed by atoms with van der Waals surface area (Å²) < 4.78 is 39.8. The molecule has 2 aliphatic heterocycles. The molecule has 2 aliphatic rings. The summed E-state index contributed by atoms with van der Waals surface area (Å²) in [7, 11) is 0. The minimum absolute atomic E-state index is 0.0593. The molecule has 4 rings (SSSR count). The summed E-state index contributed by atoms with van der Waals surface area (Å²) in [6.07, 6.45) is -1.77. The number of ether oxygens (including phenoxy) is 2. The molecule has 4 amide bonds. The highest BCUT2D eigenvalue weighted by Crippen LogP contribution is 2.33. The van der Waals surface area contributed by atoms with Crippen molar-refractivity contribution in [1.82, 2.24) is 15.5 Å². The molecular weight excluding hydrogens is 590 g/mol. The highest BCUT2D eigenvalue weighted by molar-refractivity contribution is 6.34. The Labute approximate surface area is 251 Å². The zero-order valence-electron chi connectivity index (χ0n) is 23.4. The Morgan fingerprint density at radius 3 is 2.56 bits per heavy atom. The van der Waals surface area contributed by atoms with Crippen LogP contribution >= 0.6 is 11.6 Å². The van der Waals surface area contributed by atoms with E-state index in [0.717, 1.165) is 10.5 Å². The number of esters is 1. The van der Waals surface area contributed by atoms with Crippen LogP contribution in [0, 0.1) is 0 Å². The first-order chi connectivity index (χ1) is 20.3. The second-order valence-corrected chi connectivity index (χ2v) is 10.8. The van der Waals surface area contributed by atoms with E-state index >= 15 is 0 Å². The van der Waals surface area contributed by atoms with E-state index in [1.165, 1.54) is 32.0 Å². The number of rotatable bonds is 10. The predicted octanol–water partition coefficient (Wildman–Crippen LogP) is 2.67. The maximum Gasteiger partial charge on any atom is 0.310 e. The smallest absolute Gasteiger partial charge is 0.310 e. The lowest BCUT2D eigenvalue weighted by atomic mass is 10.1. The average molecular weight is 621 g/mol. The fourth-order valence-corrected chi connectivity index (χ4v) is 5.07. The van der Waals surface area contributed by atoms with Gasteiger partial charge in [-0.1, -0.05) is 41.9 Å². The Kier molecular flexibility index (Phi) is 9.97. The molecule has 2 saturated heterocycles. The molecule has 43 heavy (non-hydrogen) atoms. The first kappa shape index (κ1) is 31.8. The minimum atomic E-state index is -3.36. The van der Waals surface area contributed by atoms with Gasteiger partial charge < -0.3 is 30.3 Å². The van der Waals surface area contributed by atoms with Crippen LogP contribution in [-0.4, -0.2) is 78.0 Å². The number of nitrogens with zero attached hydrogens (tertiary/aromatic N) is 1. The molecule has 0 saturated carbocycles. The Morgan fingerprint density at radius 2 is 1.88 bits per heavy atom. The zero-order valence-corrected chi connectivity index (χ0v) is 24.2. The molecule has 4 atom stereocenters. The summed E-state index contributed by atoms with van der Waals surface area (Å²) in [4.78, 5) is 63.1. The van der Waals surface area contributed by atoms with Crippen LogP contribution in [0.15, 0.2) is 48.5 Å². The van der Waals surface area contributed by atoms with Crippen LogP contribution in [0.2, 0.25) is 5.02 Å². The van der Waals surface area contributed by atoms with Crippen LogP contribution < -0.4 is 16.0 Å². The molecule has 2 unspecified atom stereocenters. The van der Waals surface area contributed by atoms with Gasteiger partial charge in [0.05, 0.1) is 30.3 Å². The molecule has 2 aromatic rings. The first-order valence-electron chi connectivity index (χ1n) is 13.5. The third-order valence-electron chi connectivity index (χ3n) is 6.92. The SMILES string of the molecule is CC(=O)Nc1ccc(C(=O)N[C@@H](C)C(=O)N2CC(F)(F)CC2C(=O)N[C@H]2CC(=O)OC2OCCc2ccccc2)cc1Cl. The number of carbonyl (C=O) groups is 5. The van der Waals surface area contributed by atoms with E-state index in [9.17, 15) is 32.8 Å². The van der Waals surface area contributed by atoms with Gasteiger partial charge >= 0.3 is 5.97 Å². The number of carbonyl (C=O) groups excluding carboxylic acids is 5. The molecule has 0 bridgehead atoms. The van der Waals surface area contributed by atoms with E-state index in [4.69, 9.17) is 21.1 Å². The normalized spacial score (nSPS) is 21.6. The van der Waals surface area contributed by atoms with Crippen molar-refractivity contribution in [3.63, 3.8) is 0 Å². The van der Waals surface area contributed by atoms with Crippen molar-refractivity contribution < 1.29 is 42.2 Å². The number of amides is 4. The van der Waals surface area contributed by atoms with Crippen molar-refractivity contribution in [2.45, 2.75) is 63.4 Å². The van der Waals surface area contributed by atoms with Gasteiger partial charge in [-0.2, -0.15) is 0 Å². The summed E-state index contributed by atoms with van der Waals surface area (Å²) in [6.45, 7) is 1.75. The number of cyclic esters (lactones) is 1. The fourth-order valence-electron chi connectivity index (χ4n) is 4.84. The number of alkyl halides is 2. The lowest BCUT2D eigenvalue weighted by Crippen LogP contribution is -2.54. The van der Waals surface area contributed by atoms with Crippen LogP contribution in [0.1, 0.15) is 42.6 Å². The Bertz CT molecular complexity index is 1390. The van der Waals surface area contributed by atoms with Crippen LogP contribution in [0.3, 0.4) is 0 Å². The summed E-state index contributed by atoms with van der Waals surface area (Å²) in [6, 6.07) is 9.68. The lowest BCUT2D eigenvalue weighted by molar-refractivity contribution is -0.165. The number of hydrogen-bond acceptors (Lipinski definition) is 7. The van der Waals surface area contributed by atoms with Crippen LogP contribution in [0.25, 0.3) is 0 Å². The van der Waals surface area contributed by atoms with Gasteiger partial charge in [-0.25, -0.2) is 8.78 Å². The van der Waals surface area contributed by atoms with E-state index < -0.39 is 67.0 Å². The monoisotopic (exact) mass is 620 g/mol. The van der Waals surface area contributed by atoms with Gasteiger partial charge in [-0.15, -0.1) is 0 Å². The zero-order chi connectivity index (χ0) is 31.3. The van der Waals surface area contributed by atoms with E-state index in [2.05, 4.69) is 16.0 Å². The molecule has 11 nitrogen and oxygen atoms in total. The van der Waals surface area contributed by atoms with Crippen molar-refractivity contribution in [3.05, 3.63) is 64.7 Å². The predicted molar refractivity (Wildman–Crippen MR) is 150 cm³/mol. The van der Waals surface area contributed by atoms with E-state index in [1.54, 1.807) is 0 Å². The number of hydrogen-bond donors (Lipinski definition) is 3. The molecule has 2 heterocycles. The summed E-state index contributed by atoms with van der Waals surface area (Å²) in [5.41, 5.74) is 1.33. The van der Waals surface area contributed by atoms with Gasteiger partial charge in [0.15, 0.2) is 0 Å². The Hall–Kier alpha value is -4.10. The van der Waals surface area contributed by atoms with Crippen molar-refractivity contribution >= 4 is 46.9 Å². The average Bonchev–Trinajstić information content (AvgIpc) is 3.47. The van der Waals surface area contributed by atoms with Gasteiger partial charge in [0, 0.05) is 18.9 Å². The molecule has 2 aromatic carbocycles. The van der Waals surface area contributed by atoms with Crippen LogP contribution in [0.5, 0.6) is 0 Å². The van der Waals surface area contributed by atoms with E-state index in [0.29, 0.717) is 6.42 Å². The van der Waals surface area contributed by atoms with Gasteiger partial charge in [0.25, 0.3) is 11.8 Å². The maximum absolute atomic E-state index is 14.5. The molecule has 0 aromatic heterocycles. The number of likely N-dealkylation sites (tertiary alicyclic amines) is 1. The number of nitrogens with one attached hydrogen (secondary N) is 3. The standard InChI is InChI=1S/C29H31ClF2N4O7/c1-16(33-25(39)19-8-9-21(20(30)12-19)34-17(2)37)27(41)36-15-29(31,32)14-23(36)26(40)35-22-13-24(38)43-28(22)42-11-10-18-6-4-3-5-7-18/h3-9,12,16,22-23,28H,10-11,13-15H2,1-2H3,(H,33,39)(H,34,37)(H,35,40)/t16-,22-,23?,28?/m0/s1. The van der Waals surface area contributed by atoms with Crippen molar-refractivity contribution in [2.24, 2.45) is 0 Å². The highest BCUT2D eigenvalue weighted by Gasteiger charge is 2.51. The molecule has 2 fully saturated rings. The molecule has 0 aliphatic carbocycles. The van der Waals surface area contributed by atoms with Gasteiger partial charge in [-0.3, -0.25) is 24.0 Å². The number of anilines is 1. The molecule has 230 valence electrons. The molecular formula is C29H31ClF2N4O7. The largest absolute Gasteiger partial charge is 0.433 e. The third-order valence-corrected chi connectivity index (χ3v) is 7.23. The number of halogens is 3. The minimum Gasteiger partial charge on any atom is -0.433 e. The first-order valence-corrected chi connectivity index (χ1v) is 13.9. The quantitative estimate of drug-likeness (QED) is 0.347. The van der Waals surface area contributed by atoms with Crippen LogP contribution in [0.4, 0.5) is 14.5 Å². The van der Waals surface area contributed by atoms with E-state index in [1.807, 2.05) is 30.3 Å². The maximum atomic E-state index is 14.5. The van der Waals surface area contributed by atoms with Gasteiger partial charge in [0.1, 0.15) is 18.1 Å². The highest BCUT2D eigenvalue weighted by atomic mass is 35.5. The molecule has 0 radical (unpaired) electrons. The topological polar surface area (TPSA) is 143 Å². The van der Waals surface area contributed by atoms with Gasteiger partial charge in [0.2, 0.25) is 24.0 Å². The Balaban J connectivity index is 1.38. The fraction of sp³-hybridized carbons (Fsp3) is 0.414. The third kappa shape index (κ3) is 8.26. The van der Waals surface area contributed by atoms with Crippen molar-refractivity contribution in [1.29, 1.82) is 0 Å². The van der Waals surface area contributed by atoms with E-state index in [-0.39, 0.29) is 35.2 Å².